The Labute approximate surface area is 177 Å². The molecule has 0 aliphatic carbocycles. The van der Waals surface area contributed by atoms with Gasteiger partial charge in [0.05, 0.1) is 26.1 Å². The molecule has 0 radical (unpaired) electrons. The van der Waals surface area contributed by atoms with Gasteiger partial charge in [-0.2, -0.15) is 10.0 Å². The summed E-state index contributed by atoms with van der Waals surface area (Å²) in [6.45, 7) is 0. The summed E-state index contributed by atoms with van der Waals surface area (Å²) in [4.78, 5) is 9.49. The van der Waals surface area contributed by atoms with E-state index in [0.29, 0.717) is 11.4 Å². The number of aromatic nitrogens is 2. The lowest BCUT2D eigenvalue weighted by molar-refractivity contribution is 0.882. The van der Waals surface area contributed by atoms with Crippen LogP contribution < -0.4 is 10.0 Å². The van der Waals surface area contributed by atoms with Crippen LogP contribution in [-0.2, 0) is 0 Å². The standard InChI is InChI=1S/C20H10N8S2/c1-3-7-15-11(5-1)21-19(29-15)27-14-10-9-13-17(24-26-27)18(14)28(25-23-13)20-22-12-6-2-4-8-16(12)30-20/h1-10H. The summed E-state index contributed by atoms with van der Waals surface area (Å²) in [6, 6.07) is 20.0. The van der Waals surface area contributed by atoms with Crippen molar-refractivity contribution in [2.75, 3.05) is 10.0 Å². The zero-order valence-corrected chi connectivity index (χ0v) is 16.8. The zero-order chi connectivity index (χ0) is 19.7. The Bertz CT molecular complexity index is 1470. The van der Waals surface area contributed by atoms with Crippen molar-refractivity contribution in [1.29, 1.82) is 0 Å². The summed E-state index contributed by atoms with van der Waals surface area (Å²) in [5.41, 5.74) is 4.92. The van der Waals surface area contributed by atoms with E-state index in [-0.39, 0.29) is 0 Å². The maximum Gasteiger partial charge on any atom is 0.213 e. The molecule has 2 aliphatic rings. The Morgan fingerprint density at radius 3 is 1.97 bits per heavy atom. The molecular formula is C20H10N8S2. The third-order valence-corrected chi connectivity index (χ3v) is 6.98. The molecule has 0 N–H and O–H groups in total. The molecule has 0 amide bonds. The highest BCUT2D eigenvalue weighted by Crippen LogP contribution is 2.55. The maximum absolute atomic E-state index is 4.75. The fraction of sp³-hybridized carbons (Fsp3) is 0. The molecule has 0 unspecified atom stereocenters. The summed E-state index contributed by atoms with van der Waals surface area (Å²) < 4.78 is 2.19. The minimum absolute atomic E-state index is 0.693. The van der Waals surface area contributed by atoms with Gasteiger partial charge in [0.15, 0.2) is 0 Å². The normalized spacial score (nSPS) is 14.3. The van der Waals surface area contributed by atoms with Crippen LogP contribution in [0.25, 0.3) is 20.4 Å². The smallest absolute Gasteiger partial charge is 0.213 e. The van der Waals surface area contributed by atoms with Crippen molar-refractivity contribution in [3.63, 3.8) is 0 Å². The summed E-state index contributed by atoms with van der Waals surface area (Å²) in [7, 11) is 0. The predicted octanol–water partition coefficient (Wildman–Crippen LogP) is 7.21. The lowest BCUT2D eigenvalue weighted by Gasteiger charge is -2.29. The van der Waals surface area contributed by atoms with Gasteiger partial charge in [0.1, 0.15) is 17.1 Å². The van der Waals surface area contributed by atoms with Crippen molar-refractivity contribution in [1.82, 2.24) is 9.97 Å². The van der Waals surface area contributed by atoms with Crippen molar-refractivity contribution in [2.45, 2.75) is 0 Å². The number of nitrogens with zero attached hydrogens (tertiary/aromatic N) is 8. The van der Waals surface area contributed by atoms with Crippen LogP contribution in [0.4, 0.5) is 33.0 Å². The van der Waals surface area contributed by atoms with Crippen LogP contribution in [-0.4, -0.2) is 9.97 Å². The first-order valence-electron chi connectivity index (χ1n) is 9.17. The van der Waals surface area contributed by atoms with Crippen molar-refractivity contribution < 1.29 is 0 Å². The largest absolute Gasteiger partial charge is 0.218 e. The molecule has 2 aliphatic heterocycles. The average Bonchev–Trinajstić information content (AvgIpc) is 3.38. The van der Waals surface area contributed by atoms with E-state index in [2.05, 4.69) is 32.8 Å². The summed E-state index contributed by atoms with van der Waals surface area (Å²) in [5.74, 6) is 0. The Kier molecular flexibility index (Phi) is 3.15. The predicted molar refractivity (Wildman–Crippen MR) is 119 cm³/mol. The SMILES string of the molecule is c1ccc2sc(N3N=Nc4c5ccc3c4N(c3nc4ccccc4s3)N=N5)nc2c1. The van der Waals surface area contributed by atoms with Crippen LogP contribution in [0.5, 0.6) is 0 Å². The van der Waals surface area contributed by atoms with Gasteiger partial charge < -0.3 is 0 Å². The minimum Gasteiger partial charge on any atom is -0.218 e. The molecule has 10 heteroatoms. The Balaban J connectivity index is 1.41. The van der Waals surface area contributed by atoms with Gasteiger partial charge in [0, 0.05) is 0 Å². The van der Waals surface area contributed by atoms with Crippen molar-refractivity contribution in [2.24, 2.45) is 20.7 Å². The number of hydrogen-bond acceptors (Lipinski definition) is 10. The number of anilines is 4. The second kappa shape index (κ2) is 5.88. The Morgan fingerprint density at radius 2 is 1.27 bits per heavy atom. The lowest BCUT2D eigenvalue weighted by atomic mass is 10.1. The Morgan fingerprint density at radius 1 is 0.633 bits per heavy atom. The van der Waals surface area contributed by atoms with Gasteiger partial charge in [0.2, 0.25) is 10.3 Å². The topological polar surface area (TPSA) is 81.7 Å². The first-order valence-corrected chi connectivity index (χ1v) is 10.8. The van der Waals surface area contributed by atoms with E-state index in [4.69, 9.17) is 9.97 Å². The summed E-state index contributed by atoms with van der Waals surface area (Å²) >= 11 is 3.14. The summed E-state index contributed by atoms with van der Waals surface area (Å²) in [6.07, 6.45) is 0. The van der Waals surface area contributed by atoms with Crippen molar-refractivity contribution in [3.8, 4) is 0 Å². The molecular weight excluding hydrogens is 416 g/mol. The third kappa shape index (κ3) is 2.19. The number of hydrogen-bond donors (Lipinski definition) is 0. The van der Waals surface area contributed by atoms with E-state index >= 15 is 0 Å². The highest BCUT2D eigenvalue weighted by atomic mass is 32.1. The minimum atomic E-state index is 0.693. The van der Waals surface area contributed by atoms with Crippen LogP contribution >= 0.6 is 22.7 Å². The average molecular weight is 426 g/mol. The monoisotopic (exact) mass is 426 g/mol. The molecule has 3 aromatic carbocycles. The highest BCUT2D eigenvalue weighted by molar-refractivity contribution is 7.22. The molecule has 0 atom stereocenters. The van der Waals surface area contributed by atoms with E-state index in [1.54, 1.807) is 32.7 Å². The van der Waals surface area contributed by atoms with Gasteiger partial charge in [-0.1, -0.05) is 57.4 Å². The number of thiazole rings is 2. The van der Waals surface area contributed by atoms with E-state index in [1.165, 1.54) is 0 Å². The van der Waals surface area contributed by atoms with E-state index in [9.17, 15) is 0 Å². The first kappa shape index (κ1) is 16.1. The van der Waals surface area contributed by atoms with E-state index in [1.807, 2.05) is 48.5 Å². The quantitative estimate of drug-likeness (QED) is 0.299. The van der Waals surface area contributed by atoms with Crippen LogP contribution in [0.2, 0.25) is 0 Å². The molecule has 0 saturated heterocycles. The van der Waals surface area contributed by atoms with Crippen LogP contribution in [0.3, 0.4) is 0 Å². The lowest BCUT2D eigenvalue weighted by Crippen LogP contribution is -2.19. The molecule has 2 aromatic heterocycles. The van der Waals surface area contributed by atoms with Crippen molar-refractivity contribution >= 4 is 76.1 Å². The Hall–Kier alpha value is -3.76. The number of rotatable bonds is 2. The van der Waals surface area contributed by atoms with Gasteiger partial charge in [-0.15, -0.1) is 10.2 Å². The third-order valence-electron chi connectivity index (χ3n) is 4.95. The molecule has 8 nitrogen and oxygen atoms in total. The van der Waals surface area contributed by atoms with E-state index in [0.717, 1.165) is 42.1 Å². The van der Waals surface area contributed by atoms with E-state index < -0.39 is 0 Å². The van der Waals surface area contributed by atoms with Crippen LogP contribution in [0, 0.1) is 0 Å². The second-order valence-electron chi connectivity index (χ2n) is 6.73. The molecule has 0 spiro atoms. The molecule has 4 heterocycles. The van der Waals surface area contributed by atoms with Gasteiger partial charge >= 0.3 is 0 Å². The molecule has 0 fully saturated rings. The van der Waals surface area contributed by atoms with Gasteiger partial charge in [-0.05, 0) is 36.4 Å². The van der Waals surface area contributed by atoms with Crippen molar-refractivity contribution in [3.05, 3.63) is 60.7 Å². The number of fused-ring (bicyclic) bond motifs is 2. The number of para-hydroxylation sites is 2. The fourth-order valence-corrected chi connectivity index (χ4v) is 5.42. The molecule has 142 valence electrons. The first-order chi connectivity index (χ1) is 14.8. The van der Waals surface area contributed by atoms with Gasteiger partial charge in [-0.25, -0.2) is 9.97 Å². The summed E-state index contributed by atoms with van der Waals surface area (Å²) in [5, 5.41) is 22.6. The molecule has 5 aromatic rings. The molecule has 0 saturated carbocycles. The zero-order valence-electron chi connectivity index (χ0n) is 15.2. The number of benzene rings is 3. The van der Waals surface area contributed by atoms with Crippen LogP contribution in [0.15, 0.2) is 81.3 Å². The van der Waals surface area contributed by atoms with Gasteiger partial charge in [0.25, 0.3) is 0 Å². The second-order valence-corrected chi connectivity index (χ2v) is 8.75. The van der Waals surface area contributed by atoms with Gasteiger partial charge in [-0.3, -0.25) is 0 Å². The fourth-order valence-electron chi connectivity index (χ4n) is 3.57. The molecule has 7 rings (SSSR count). The molecule has 4 bridgehead atoms. The maximum atomic E-state index is 4.75. The molecule has 30 heavy (non-hydrogen) atoms. The highest BCUT2D eigenvalue weighted by Gasteiger charge is 2.33. The van der Waals surface area contributed by atoms with Crippen LogP contribution in [0.1, 0.15) is 0 Å².